The maximum absolute atomic E-state index is 9.08. The highest BCUT2D eigenvalue weighted by Crippen LogP contribution is 2.36. The van der Waals surface area contributed by atoms with Crippen LogP contribution in [0.5, 0.6) is 0 Å². The Morgan fingerprint density at radius 3 is 3.05 bits per heavy atom. The Bertz CT molecular complexity index is 694. The minimum atomic E-state index is 0.591. The lowest BCUT2D eigenvalue weighted by molar-refractivity contribution is 0.367. The fourth-order valence-corrected chi connectivity index (χ4v) is 4.11. The van der Waals surface area contributed by atoms with Gasteiger partial charge in [-0.05, 0) is 49.1 Å². The van der Waals surface area contributed by atoms with Crippen LogP contribution in [0, 0.1) is 23.2 Å². The van der Waals surface area contributed by atoms with Crippen molar-refractivity contribution in [2.75, 3.05) is 5.73 Å². The first-order chi connectivity index (χ1) is 9.58. The maximum Gasteiger partial charge on any atom is 0.130 e. The predicted octanol–water partition coefficient (Wildman–Crippen LogP) is 3.90. The van der Waals surface area contributed by atoms with E-state index in [1.165, 1.54) is 35.4 Å². The number of nitrogens with zero attached hydrogens (tertiary/aromatic N) is 2. The van der Waals surface area contributed by atoms with Crippen molar-refractivity contribution in [3.05, 3.63) is 22.2 Å². The lowest BCUT2D eigenvalue weighted by atomic mass is 9.82. The van der Waals surface area contributed by atoms with Gasteiger partial charge in [0.05, 0.1) is 5.69 Å². The summed E-state index contributed by atoms with van der Waals surface area (Å²) in [6, 6.07) is 4.34. The minimum absolute atomic E-state index is 0.591. The molecular formula is C16H19N3S. The third-order valence-electron chi connectivity index (χ3n) is 4.09. The summed E-state index contributed by atoms with van der Waals surface area (Å²) in [5.41, 5.74) is 9.20. The fourth-order valence-electron chi connectivity index (χ4n) is 3.22. The molecule has 1 aliphatic rings. The number of hydrogen-bond acceptors (Lipinski definition) is 4. The molecule has 0 spiro atoms. The molecule has 2 aromatic heterocycles. The van der Waals surface area contributed by atoms with E-state index in [4.69, 9.17) is 16.0 Å². The molecular weight excluding hydrogens is 266 g/mol. The van der Waals surface area contributed by atoms with Crippen molar-refractivity contribution in [2.24, 2.45) is 11.8 Å². The largest absolute Gasteiger partial charge is 0.396 e. The maximum atomic E-state index is 9.08. The van der Waals surface area contributed by atoms with Crippen molar-refractivity contribution in [1.29, 1.82) is 5.26 Å². The molecule has 2 N–H and O–H groups in total. The minimum Gasteiger partial charge on any atom is -0.396 e. The zero-order chi connectivity index (χ0) is 14.3. The van der Waals surface area contributed by atoms with Gasteiger partial charge >= 0.3 is 0 Å². The van der Waals surface area contributed by atoms with Crippen molar-refractivity contribution < 1.29 is 0 Å². The Morgan fingerprint density at radius 1 is 1.55 bits per heavy atom. The summed E-state index contributed by atoms with van der Waals surface area (Å²) in [6.07, 6.45) is 4.67. The number of thiophene rings is 1. The quantitative estimate of drug-likeness (QED) is 0.910. The molecule has 0 bridgehead atoms. The first-order valence-electron chi connectivity index (χ1n) is 7.19. The van der Waals surface area contributed by atoms with Gasteiger partial charge in [-0.2, -0.15) is 5.26 Å². The molecule has 0 radical (unpaired) electrons. The van der Waals surface area contributed by atoms with Crippen LogP contribution in [-0.2, 0) is 12.8 Å². The van der Waals surface area contributed by atoms with Crippen LogP contribution < -0.4 is 5.73 Å². The summed E-state index contributed by atoms with van der Waals surface area (Å²) < 4.78 is 0. The van der Waals surface area contributed by atoms with Gasteiger partial charge in [-0.1, -0.05) is 13.8 Å². The number of nitrogen functional groups attached to an aromatic ring is 1. The molecule has 1 aliphatic carbocycles. The van der Waals surface area contributed by atoms with Crippen molar-refractivity contribution in [2.45, 2.75) is 39.5 Å². The van der Waals surface area contributed by atoms with E-state index in [9.17, 15) is 0 Å². The van der Waals surface area contributed by atoms with E-state index in [0.717, 1.165) is 34.9 Å². The lowest BCUT2D eigenvalue weighted by Crippen LogP contribution is -2.17. The van der Waals surface area contributed by atoms with Gasteiger partial charge in [-0.25, -0.2) is 4.98 Å². The number of nitrogens with two attached hydrogens (primary N) is 1. The Balaban J connectivity index is 2.00. The van der Waals surface area contributed by atoms with Gasteiger partial charge in [0.1, 0.15) is 15.8 Å². The van der Waals surface area contributed by atoms with Gasteiger partial charge in [-0.3, -0.25) is 0 Å². The van der Waals surface area contributed by atoms with E-state index in [1.807, 2.05) is 0 Å². The molecule has 2 heterocycles. The summed E-state index contributed by atoms with van der Waals surface area (Å²) >= 11 is 1.41. The molecule has 1 unspecified atom stereocenters. The molecule has 2 aromatic rings. The van der Waals surface area contributed by atoms with Crippen LogP contribution in [0.15, 0.2) is 6.07 Å². The number of nitriles is 1. The second kappa shape index (κ2) is 5.06. The van der Waals surface area contributed by atoms with Gasteiger partial charge < -0.3 is 5.73 Å². The van der Waals surface area contributed by atoms with Crippen molar-refractivity contribution in [1.82, 2.24) is 4.98 Å². The highest BCUT2D eigenvalue weighted by Gasteiger charge is 2.22. The second-order valence-corrected chi connectivity index (χ2v) is 7.14. The Labute approximate surface area is 123 Å². The Kier molecular flexibility index (Phi) is 3.39. The van der Waals surface area contributed by atoms with Crippen LogP contribution in [-0.4, -0.2) is 4.98 Å². The molecule has 1 atom stereocenters. The highest BCUT2D eigenvalue weighted by molar-refractivity contribution is 7.19. The first-order valence-corrected chi connectivity index (χ1v) is 8.01. The number of anilines is 1. The predicted molar refractivity (Wildman–Crippen MR) is 83.7 cm³/mol. The zero-order valence-electron chi connectivity index (χ0n) is 11.9. The molecule has 0 saturated carbocycles. The normalized spacial score (nSPS) is 18.2. The van der Waals surface area contributed by atoms with E-state index < -0.39 is 0 Å². The molecule has 0 aromatic carbocycles. The number of aromatic nitrogens is 1. The zero-order valence-corrected chi connectivity index (χ0v) is 12.8. The average Bonchev–Trinajstić information content (AvgIpc) is 2.72. The summed E-state index contributed by atoms with van der Waals surface area (Å²) in [5.74, 6) is 1.51. The van der Waals surface area contributed by atoms with Crippen LogP contribution >= 0.6 is 11.3 Å². The van der Waals surface area contributed by atoms with Crippen molar-refractivity contribution in [3.8, 4) is 6.07 Å². The molecule has 0 fully saturated rings. The highest BCUT2D eigenvalue weighted by atomic mass is 32.1. The standard InChI is InChI=1S/C16H19N3S/c1-9(2)5-10-3-4-13-11(6-10)7-12-15(18)14(8-17)20-16(12)19-13/h7,9-10H,3-6,18H2,1-2H3. The summed E-state index contributed by atoms with van der Waals surface area (Å²) in [5, 5.41) is 10.0. The molecule has 3 nitrogen and oxygen atoms in total. The monoisotopic (exact) mass is 285 g/mol. The number of fused-ring (bicyclic) bond motifs is 2. The summed E-state index contributed by atoms with van der Waals surface area (Å²) in [7, 11) is 0. The van der Waals surface area contributed by atoms with Gasteiger partial charge in [0.15, 0.2) is 0 Å². The first kappa shape index (κ1) is 13.4. The summed E-state index contributed by atoms with van der Waals surface area (Å²) in [6.45, 7) is 4.57. The average molecular weight is 285 g/mol. The van der Waals surface area contributed by atoms with E-state index >= 15 is 0 Å². The van der Waals surface area contributed by atoms with E-state index in [1.54, 1.807) is 0 Å². The van der Waals surface area contributed by atoms with Crippen LogP contribution in [0.25, 0.3) is 10.2 Å². The molecule has 0 amide bonds. The number of aryl methyl sites for hydroxylation is 1. The van der Waals surface area contributed by atoms with Crippen LogP contribution in [0.3, 0.4) is 0 Å². The number of hydrogen-bond donors (Lipinski definition) is 1. The van der Waals surface area contributed by atoms with Gasteiger partial charge in [0.25, 0.3) is 0 Å². The fraction of sp³-hybridized carbons (Fsp3) is 0.500. The topological polar surface area (TPSA) is 62.7 Å². The van der Waals surface area contributed by atoms with Crippen molar-refractivity contribution in [3.63, 3.8) is 0 Å². The van der Waals surface area contributed by atoms with Crippen LogP contribution in [0.1, 0.15) is 42.8 Å². The molecule has 104 valence electrons. The molecule has 0 saturated heterocycles. The third-order valence-corrected chi connectivity index (χ3v) is 5.11. The molecule has 3 rings (SSSR count). The van der Waals surface area contributed by atoms with Gasteiger partial charge in [0, 0.05) is 11.1 Å². The van der Waals surface area contributed by atoms with Crippen LogP contribution in [0.2, 0.25) is 0 Å². The SMILES string of the molecule is CC(C)CC1CCc2nc3sc(C#N)c(N)c3cc2C1. The van der Waals surface area contributed by atoms with Gasteiger partial charge in [-0.15, -0.1) is 11.3 Å². The van der Waals surface area contributed by atoms with Crippen molar-refractivity contribution >= 4 is 27.2 Å². The Morgan fingerprint density at radius 2 is 2.35 bits per heavy atom. The second-order valence-electron chi connectivity index (χ2n) is 6.14. The summed E-state index contributed by atoms with van der Waals surface area (Å²) in [4.78, 5) is 6.25. The number of rotatable bonds is 2. The molecule has 20 heavy (non-hydrogen) atoms. The number of pyridine rings is 1. The Hall–Kier alpha value is -1.60. The third kappa shape index (κ3) is 2.27. The molecule has 0 aliphatic heterocycles. The smallest absolute Gasteiger partial charge is 0.130 e. The lowest BCUT2D eigenvalue weighted by Gasteiger charge is -2.25. The van der Waals surface area contributed by atoms with E-state index in [-0.39, 0.29) is 0 Å². The van der Waals surface area contributed by atoms with E-state index in [2.05, 4.69) is 26.0 Å². The van der Waals surface area contributed by atoms with Crippen LogP contribution in [0.4, 0.5) is 5.69 Å². The van der Waals surface area contributed by atoms with Gasteiger partial charge in [0.2, 0.25) is 0 Å². The van der Waals surface area contributed by atoms with E-state index in [0.29, 0.717) is 10.6 Å². The molecule has 4 heteroatoms.